The molecule has 1 aromatic carbocycles. The lowest BCUT2D eigenvalue weighted by molar-refractivity contribution is 0.332. The fourth-order valence-corrected chi connectivity index (χ4v) is 2.63. The molecule has 2 rings (SSSR count). The first-order chi connectivity index (χ1) is 8.78. The molecule has 0 aliphatic heterocycles. The van der Waals surface area contributed by atoms with Crippen molar-refractivity contribution in [1.82, 2.24) is 4.90 Å². The van der Waals surface area contributed by atoms with Gasteiger partial charge < -0.3 is 10.6 Å². The smallest absolute Gasteiger partial charge is 0.0230 e. The normalized spacial score (nSPS) is 11.1. The second kappa shape index (κ2) is 6.69. The van der Waals surface area contributed by atoms with Gasteiger partial charge in [0.05, 0.1) is 0 Å². The molecule has 2 nitrogen and oxygen atoms in total. The van der Waals surface area contributed by atoms with Crippen LogP contribution in [-0.2, 0) is 19.5 Å². The van der Waals surface area contributed by atoms with Gasteiger partial charge in [0, 0.05) is 24.5 Å². The highest BCUT2D eigenvalue weighted by atomic mass is 32.1. The van der Waals surface area contributed by atoms with Gasteiger partial charge in [-0.3, -0.25) is 0 Å². The highest BCUT2D eigenvalue weighted by Gasteiger charge is 2.02. The van der Waals surface area contributed by atoms with E-state index in [0.29, 0.717) is 6.54 Å². The molecule has 96 valence electrons. The van der Waals surface area contributed by atoms with Crippen molar-refractivity contribution in [3.8, 4) is 0 Å². The Balaban J connectivity index is 1.80. The van der Waals surface area contributed by atoms with Crippen LogP contribution in [0.15, 0.2) is 41.8 Å². The van der Waals surface area contributed by atoms with Crippen molar-refractivity contribution < 1.29 is 0 Å². The number of nitrogens with zero attached hydrogens (tertiary/aromatic N) is 1. The summed E-state index contributed by atoms with van der Waals surface area (Å²) in [6.07, 6.45) is 1.13. The van der Waals surface area contributed by atoms with E-state index in [1.807, 2.05) is 11.3 Å². The lowest BCUT2D eigenvalue weighted by atomic mass is 10.1. The zero-order chi connectivity index (χ0) is 12.8. The number of hydrogen-bond acceptors (Lipinski definition) is 3. The standard InChI is InChI=1S/C15H20N2S/c1-17(9-8-15-3-2-10-18-15)12-14-6-4-13(11-16)5-7-14/h2-7,10H,8-9,11-12,16H2,1H3. The molecule has 1 heterocycles. The molecule has 2 aromatic rings. The van der Waals surface area contributed by atoms with E-state index < -0.39 is 0 Å². The largest absolute Gasteiger partial charge is 0.326 e. The third kappa shape index (κ3) is 3.95. The van der Waals surface area contributed by atoms with E-state index in [1.165, 1.54) is 16.0 Å². The number of likely N-dealkylation sites (N-methyl/N-ethyl adjacent to an activating group) is 1. The minimum Gasteiger partial charge on any atom is -0.326 e. The summed E-state index contributed by atoms with van der Waals surface area (Å²) < 4.78 is 0. The first kappa shape index (κ1) is 13.3. The Morgan fingerprint density at radius 1 is 1.11 bits per heavy atom. The molecule has 0 aliphatic rings. The van der Waals surface area contributed by atoms with E-state index in [-0.39, 0.29) is 0 Å². The highest BCUT2D eigenvalue weighted by Crippen LogP contribution is 2.11. The summed E-state index contributed by atoms with van der Waals surface area (Å²) in [5.74, 6) is 0. The van der Waals surface area contributed by atoms with E-state index in [1.54, 1.807) is 0 Å². The van der Waals surface area contributed by atoms with Crippen LogP contribution in [0.4, 0.5) is 0 Å². The quantitative estimate of drug-likeness (QED) is 0.865. The van der Waals surface area contributed by atoms with E-state index >= 15 is 0 Å². The maximum atomic E-state index is 5.59. The Morgan fingerprint density at radius 2 is 1.83 bits per heavy atom. The van der Waals surface area contributed by atoms with Crippen LogP contribution < -0.4 is 5.73 Å². The Hall–Kier alpha value is -1.16. The lowest BCUT2D eigenvalue weighted by Crippen LogP contribution is -2.20. The van der Waals surface area contributed by atoms with Gasteiger partial charge >= 0.3 is 0 Å². The SMILES string of the molecule is CN(CCc1cccs1)Cc1ccc(CN)cc1. The fraction of sp³-hybridized carbons (Fsp3) is 0.333. The molecule has 2 N–H and O–H groups in total. The maximum Gasteiger partial charge on any atom is 0.0230 e. The van der Waals surface area contributed by atoms with Gasteiger partial charge in [-0.15, -0.1) is 11.3 Å². The number of benzene rings is 1. The Morgan fingerprint density at radius 3 is 2.44 bits per heavy atom. The topological polar surface area (TPSA) is 29.3 Å². The van der Waals surface area contributed by atoms with Crippen LogP contribution in [0.2, 0.25) is 0 Å². The van der Waals surface area contributed by atoms with Crippen LogP contribution in [-0.4, -0.2) is 18.5 Å². The zero-order valence-electron chi connectivity index (χ0n) is 10.8. The molecular formula is C15H20N2S. The molecule has 0 amide bonds. The third-order valence-electron chi connectivity index (χ3n) is 3.03. The minimum absolute atomic E-state index is 0.620. The molecule has 0 saturated carbocycles. The summed E-state index contributed by atoms with van der Waals surface area (Å²) in [5.41, 5.74) is 8.14. The number of rotatable bonds is 6. The van der Waals surface area contributed by atoms with Gasteiger partial charge in [0.1, 0.15) is 0 Å². The molecule has 1 aromatic heterocycles. The molecule has 0 bridgehead atoms. The second-order valence-corrected chi connectivity index (χ2v) is 5.62. The van der Waals surface area contributed by atoms with Gasteiger partial charge in [-0.05, 0) is 36.0 Å². The lowest BCUT2D eigenvalue weighted by Gasteiger charge is -2.16. The van der Waals surface area contributed by atoms with Gasteiger partial charge in [-0.25, -0.2) is 0 Å². The minimum atomic E-state index is 0.620. The molecule has 0 saturated heterocycles. The first-order valence-electron chi connectivity index (χ1n) is 6.27. The zero-order valence-corrected chi connectivity index (χ0v) is 11.6. The van der Waals surface area contributed by atoms with Crippen molar-refractivity contribution in [1.29, 1.82) is 0 Å². The summed E-state index contributed by atoms with van der Waals surface area (Å²) in [6, 6.07) is 12.9. The molecule has 0 fully saturated rings. The van der Waals surface area contributed by atoms with Crippen LogP contribution in [0, 0.1) is 0 Å². The highest BCUT2D eigenvalue weighted by molar-refractivity contribution is 7.09. The Labute approximate surface area is 113 Å². The van der Waals surface area contributed by atoms with Gasteiger partial charge in [0.2, 0.25) is 0 Å². The number of thiophene rings is 1. The predicted molar refractivity (Wildman–Crippen MR) is 78.7 cm³/mol. The van der Waals surface area contributed by atoms with Crippen LogP contribution in [0.3, 0.4) is 0 Å². The summed E-state index contributed by atoms with van der Waals surface area (Å²) in [5, 5.41) is 2.14. The van der Waals surface area contributed by atoms with Crippen molar-refractivity contribution in [3.05, 3.63) is 57.8 Å². The van der Waals surface area contributed by atoms with Crippen LogP contribution in [0.5, 0.6) is 0 Å². The van der Waals surface area contributed by atoms with Gasteiger partial charge in [-0.1, -0.05) is 30.3 Å². The van der Waals surface area contributed by atoms with Crippen molar-refractivity contribution in [2.24, 2.45) is 5.73 Å². The number of hydrogen-bond donors (Lipinski definition) is 1. The molecule has 3 heteroatoms. The maximum absolute atomic E-state index is 5.59. The monoisotopic (exact) mass is 260 g/mol. The summed E-state index contributed by atoms with van der Waals surface area (Å²) in [7, 11) is 2.17. The summed E-state index contributed by atoms with van der Waals surface area (Å²) >= 11 is 1.84. The van der Waals surface area contributed by atoms with Gasteiger partial charge in [0.25, 0.3) is 0 Å². The fourth-order valence-electron chi connectivity index (χ4n) is 1.93. The van der Waals surface area contributed by atoms with Gasteiger partial charge in [-0.2, -0.15) is 0 Å². The van der Waals surface area contributed by atoms with E-state index in [4.69, 9.17) is 5.73 Å². The van der Waals surface area contributed by atoms with Crippen molar-refractivity contribution in [3.63, 3.8) is 0 Å². The molecule has 0 atom stereocenters. The third-order valence-corrected chi connectivity index (χ3v) is 3.97. The molecule has 0 radical (unpaired) electrons. The Kier molecular flexibility index (Phi) is 4.93. The van der Waals surface area contributed by atoms with Crippen molar-refractivity contribution in [2.45, 2.75) is 19.5 Å². The van der Waals surface area contributed by atoms with Crippen molar-refractivity contribution in [2.75, 3.05) is 13.6 Å². The molecule has 18 heavy (non-hydrogen) atoms. The average molecular weight is 260 g/mol. The van der Waals surface area contributed by atoms with Gasteiger partial charge in [0.15, 0.2) is 0 Å². The van der Waals surface area contributed by atoms with Crippen LogP contribution in [0.25, 0.3) is 0 Å². The van der Waals surface area contributed by atoms with E-state index in [0.717, 1.165) is 19.5 Å². The van der Waals surface area contributed by atoms with E-state index in [9.17, 15) is 0 Å². The average Bonchev–Trinajstić information content (AvgIpc) is 2.90. The molecule has 0 aliphatic carbocycles. The Bertz CT molecular complexity index is 448. The van der Waals surface area contributed by atoms with Crippen molar-refractivity contribution >= 4 is 11.3 Å². The van der Waals surface area contributed by atoms with Crippen LogP contribution in [0.1, 0.15) is 16.0 Å². The summed E-state index contributed by atoms with van der Waals surface area (Å²) in [6.45, 7) is 2.71. The second-order valence-electron chi connectivity index (χ2n) is 4.59. The molecular weight excluding hydrogens is 240 g/mol. The predicted octanol–water partition coefficient (Wildman–Crippen LogP) is 2.88. The number of nitrogens with two attached hydrogens (primary N) is 1. The summed E-state index contributed by atoms with van der Waals surface area (Å²) in [4.78, 5) is 3.82. The van der Waals surface area contributed by atoms with E-state index in [2.05, 4.69) is 53.7 Å². The molecule has 0 unspecified atom stereocenters. The van der Waals surface area contributed by atoms with Crippen LogP contribution >= 0.6 is 11.3 Å². The molecule has 0 spiro atoms. The first-order valence-corrected chi connectivity index (χ1v) is 7.14.